The summed E-state index contributed by atoms with van der Waals surface area (Å²) in [5.41, 5.74) is 2.59. The second-order valence-corrected chi connectivity index (χ2v) is 10.3. The molecule has 1 aromatic carbocycles. The number of hydrogen-bond donors (Lipinski definition) is 1. The maximum absolute atomic E-state index is 12.9. The summed E-state index contributed by atoms with van der Waals surface area (Å²) in [6.07, 6.45) is 1.93. The van der Waals surface area contributed by atoms with Crippen LogP contribution in [0.4, 0.5) is 5.69 Å². The Bertz CT molecular complexity index is 1210. The number of benzene rings is 1. The van der Waals surface area contributed by atoms with Crippen LogP contribution in [0.2, 0.25) is 0 Å². The summed E-state index contributed by atoms with van der Waals surface area (Å²) in [5, 5.41) is 3.88. The Morgan fingerprint density at radius 2 is 1.87 bits per heavy atom. The lowest BCUT2D eigenvalue weighted by atomic mass is 10.1. The number of rotatable bonds is 5. The number of nitrogens with one attached hydrogen (secondary N) is 1. The number of carbonyl (C=O) groups is 1. The third-order valence-corrected chi connectivity index (χ3v) is 7.83. The molecule has 1 fully saturated rings. The summed E-state index contributed by atoms with van der Waals surface area (Å²) in [4.78, 5) is 19.6. The van der Waals surface area contributed by atoms with Crippen molar-refractivity contribution in [1.29, 1.82) is 0 Å². The second-order valence-electron chi connectivity index (χ2n) is 7.36. The van der Waals surface area contributed by atoms with Gasteiger partial charge in [0.15, 0.2) is 0 Å². The molecule has 1 saturated heterocycles. The fraction of sp³-hybridized carbons (Fsp3) is 0.350. The summed E-state index contributed by atoms with van der Waals surface area (Å²) in [7, 11) is -3.78. The highest BCUT2D eigenvalue weighted by atomic mass is 32.2. The van der Waals surface area contributed by atoms with Crippen molar-refractivity contribution >= 4 is 33.0 Å². The number of hydrogen-bond acceptors (Lipinski definition) is 7. The molecule has 1 aliphatic rings. The lowest BCUT2D eigenvalue weighted by Crippen LogP contribution is -2.27. The van der Waals surface area contributed by atoms with Crippen LogP contribution in [0.25, 0.3) is 10.7 Å². The molecule has 30 heavy (non-hydrogen) atoms. The van der Waals surface area contributed by atoms with Gasteiger partial charge in [0, 0.05) is 23.7 Å². The van der Waals surface area contributed by atoms with Crippen molar-refractivity contribution in [2.45, 2.75) is 38.5 Å². The van der Waals surface area contributed by atoms with E-state index in [1.165, 1.54) is 17.4 Å². The predicted octanol–water partition coefficient (Wildman–Crippen LogP) is 3.76. The molecule has 3 heterocycles. The first kappa shape index (κ1) is 20.5. The smallest absolute Gasteiger partial charge is 0.316 e. The van der Waals surface area contributed by atoms with E-state index in [0.29, 0.717) is 28.5 Å². The molecular weight excluding hydrogens is 424 g/mol. The van der Waals surface area contributed by atoms with Crippen molar-refractivity contribution in [3.05, 3.63) is 46.2 Å². The number of carbonyl (C=O) groups excluding carboxylic acids is 1. The lowest BCUT2D eigenvalue weighted by Gasteiger charge is -2.10. The van der Waals surface area contributed by atoms with Gasteiger partial charge in [0.05, 0.1) is 4.88 Å². The van der Waals surface area contributed by atoms with Crippen LogP contribution >= 0.6 is 11.3 Å². The zero-order valence-corrected chi connectivity index (χ0v) is 18.6. The maximum atomic E-state index is 12.9. The van der Waals surface area contributed by atoms with Crippen molar-refractivity contribution in [2.24, 2.45) is 0 Å². The van der Waals surface area contributed by atoms with Crippen molar-refractivity contribution < 1.29 is 17.7 Å². The Morgan fingerprint density at radius 3 is 2.57 bits per heavy atom. The van der Waals surface area contributed by atoms with Crippen LogP contribution in [-0.2, 0) is 10.0 Å². The van der Waals surface area contributed by atoms with Crippen LogP contribution in [0.15, 0.2) is 33.7 Å². The normalized spacial score (nSPS) is 14.3. The van der Waals surface area contributed by atoms with E-state index in [1.807, 2.05) is 19.9 Å². The summed E-state index contributed by atoms with van der Waals surface area (Å²) in [6.45, 7) is 6.98. The molecule has 0 atom stereocenters. The van der Waals surface area contributed by atoms with Crippen LogP contribution in [0.3, 0.4) is 0 Å². The van der Waals surface area contributed by atoms with Crippen LogP contribution in [0, 0.1) is 20.8 Å². The van der Waals surface area contributed by atoms with E-state index < -0.39 is 10.0 Å². The lowest BCUT2D eigenvalue weighted by molar-refractivity contribution is 0.0743. The number of sulfonamides is 1. The Labute approximate surface area is 179 Å². The van der Waals surface area contributed by atoms with Crippen molar-refractivity contribution in [2.75, 3.05) is 17.8 Å². The van der Waals surface area contributed by atoms with E-state index in [1.54, 1.807) is 24.0 Å². The van der Waals surface area contributed by atoms with Gasteiger partial charge < -0.3 is 9.42 Å². The first-order chi connectivity index (χ1) is 14.2. The van der Waals surface area contributed by atoms with Gasteiger partial charge in [-0.05, 0) is 62.9 Å². The maximum Gasteiger partial charge on any atom is 0.316 e. The van der Waals surface area contributed by atoms with Gasteiger partial charge in [0.1, 0.15) is 4.90 Å². The van der Waals surface area contributed by atoms with Gasteiger partial charge >= 0.3 is 11.8 Å². The second kappa shape index (κ2) is 7.84. The molecule has 8 nitrogen and oxygen atoms in total. The number of likely N-dealkylation sites (tertiary alicyclic amines) is 1. The molecule has 0 aliphatic carbocycles. The molecule has 0 unspecified atom stereocenters. The molecule has 1 N–H and O–H groups in total. The Kier molecular flexibility index (Phi) is 5.37. The fourth-order valence-corrected chi connectivity index (χ4v) is 5.89. The molecule has 1 amide bonds. The average Bonchev–Trinajstić information content (AvgIpc) is 3.43. The number of aromatic nitrogens is 2. The van der Waals surface area contributed by atoms with Gasteiger partial charge in [0.25, 0.3) is 10.0 Å². The van der Waals surface area contributed by atoms with Crippen molar-refractivity contribution in [3.8, 4) is 10.7 Å². The van der Waals surface area contributed by atoms with E-state index >= 15 is 0 Å². The Balaban J connectivity index is 1.58. The molecule has 0 saturated carbocycles. The summed E-state index contributed by atoms with van der Waals surface area (Å²) in [6, 6.07) is 6.92. The quantitative estimate of drug-likeness (QED) is 0.640. The fourth-order valence-electron chi connectivity index (χ4n) is 3.32. The van der Waals surface area contributed by atoms with Gasteiger partial charge in [0.2, 0.25) is 5.82 Å². The minimum atomic E-state index is -3.78. The van der Waals surface area contributed by atoms with Crippen molar-refractivity contribution in [3.63, 3.8) is 0 Å². The third-order valence-electron chi connectivity index (χ3n) is 5.14. The molecular formula is C20H22N4O4S2. The topological polar surface area (TPSA) is 105 Å². The summed E-state index contributed by atoms with van der Waals surface area (Å²) < 4.78 is 33.6. The average molecular weight is 447 g/mol. The molecule has 1 aliphatic heterocycles. The van der Waals surface area contributed by atoms with E-state index in [4.69, 9.17) is 4.52 Å². The zero-order valence-electron chi connectivity index (χ0n) is 16.9. The van der Waals surface area contributed by atoms with Crippen molar-refractivity contribution in [1.82, 2.24) is 15.0 Å². The SMILES string of the molecule is Cc1ccc(NS(=O)(=O)c2cc(-c3noc(C(=O)N4CCCC4)n3)sc2C)cc1C. The zero-order chi connectivity index (χ0) is 21.5. The minimum absolute atomic E-state index is 0.0735. The number of nitrogens with zero attached hydrogens (tertiary/aromatic N) is 3. The molecule has 158 valence electrons. The number of aryl methyl sites for hydroxylation is 3. The molecule has 4 rings (SSSR count). The molecule has 2 aromatic heterocycles. The minimum Gasteiger partial charge on any atom is -0.334 e. The first-order valence-corrected chi connectivity index (χ1v) is 11.9. The van der Waals surface area contributed by atoms with Crippen LogP contribution in [-0.4, -0.2) is 42.5 Å². The third kappa shape index (κ3) is 3.97. The monoisotopic (exact) mass is 446 g/mol. The Hall–Kier alpha value is -2.72. The Morgan fingerprint density at radius 1 is 1.13 bits per heavy atom. The largest absolute Gasteiger partial charge is 0.334 e. The number of thiophene rings is 1. The van der Waals surface area contributed by atoms with Crippen LogP contribution < -0.4 is 4.72 Å². The van der Waals surface area contributed by atoms with Gasteiger partial charge in [-0.1, -0.05) is 11.2 Å². The molecule has 0 radical (unpaired) electrons. The van der Waals surface area contributed by atoms with E-state index in [-0.39, 0.29) is 22.5 Å². The summed E-state index contributed by atoms with van der Waals surface area (Å²) in [5.74, 6) is -0.155. The van der Waals surface area contributed by atoms with Gasteiger partial charge in [-0.3, -0.25) is 9.52 Å². The molecule has 3 aromatic rings. The van der Waals surface area contributed by atoms with Crippen LogP contribution in [0.5, 0.6) is 0 Å². The predicted molar refractivity (Wildman–Crippen MR) is 114 cm³/mol. The summed E-state index contributed by atoms with van der Waals surface area (Å²) >= 11 is 1.24. The molecule has 0 bridgehead atoms. The van der Waals surface area contributed by atoms with E-state index in [0.717, 1.165) is 24.0 Å². The molecule has 0 spiro atoms. The number of amides is 1. The van der Waals surface area contributed by atoms with Gasteiger partial charge in [-0.15, -0.1) is 11.3 Å². The van der Waals surface area contributed by atoms with E-state index in [9.17, 15) is 13.2 Å². The standard InChI is InChI=1S/C20H22N4O4S2/c1-12-6-7-15(10-13(12)2)23-30(26,27)17-11-16(29-14(17)3)18-21-19(28-22-18)20(25)24-8-4-5-9-24/h6-7,10-11,23H,4-5,8-9H2,1-3H3. The number of anilines is 1. The van der Waals surface area contributed by atoms with Gasteiger partial charge in [-0.2, -0.15) is 4.98 Å². The van der Waals surface area contributed by atoms with Crippen LogP contribution in [0.1, 0.15) is 39.5 Å². The highest BCUT2D eigenvalue weighted by Crippen LogP contribution is 2.33. The first-order valence-electron chi connectivity index (χ1n) is 9.58. The van der Waals surface area contributed by atoms with E-state index in [2.05, 4.69) is 14.9 Å². The van der Waals surface area contributed by atoms with Gasteiger partial charge in [-0.25, -0.2) is 8.42 Å². The highest BCUT2D eigenvalue weighted by molar-refractivity contribution is 7.93. The highest BCUT2D eigenvalue weighted by Gasteiger charge is 2.27. The molecule has 10 heteroatoms.